The number of carbonyl (C=O) groups is 2. The van der Waals surface area contributed by atoms with Gasteiger partial charge >= 0.3 is 68.4 Å². The van der Waals surface area contributed by atoms with Crippen molar-refractivity contribution in [3.8, 4) is 0 Å². The van der Waals surface area contributed by atoms with E-state index in [1.807, 2.05) is 0 Å². The van der Waals surface area contributed by atoms with Crippen molar-refractivity contribution in [3.05, 3.63) is 0 Å². The number of aliphatic carboxylic acids is 2. The second-order valence-electron chi connectivity index (χ2n) is 12.1. The Bertz CT molecular complexity index is 461. The summed E-state index contributed by atoms with van der Waals surface area (Å²) in [7, 11) is 0. The monoisotopic (exact) mass is 768 g/mol. The van der Waals surface area contributed by atoms with Gasteiger partial charge in [-0.1, -0.05) is 194 Å². The minimum atomic E-state index is -0.903. The first-order chi connectivity index (χ1) is 19.5. The summed E-state index contributed by atoms with van der Waals surface area (Å²) in [5.74, 6) is -1.81. The number of rotatable bonds is 32. The summed E-state index contributed by atoms with van der Waals surface area (Å²) in [6.07, 6.45) is 39.7. The van der Waals surface area contributed by atoms with Crippen molar-refractivity contribution in [2.24, 2.45) is 0 Å². The molecule has 0 rings (SSSR count). The first-order valence-electron chi connectivity index (χ1n) is 17.9. The van der Waals surface area contributed by atoms with Crippen LogP contribution in [0.2, 0.25) is 0 Å². The molecular weight excluding hydrogens is 699 g/mol. The zero-order valence-electron chi connectivity index (χ0n) is 28.7. The summed E-state index contributed by atoms with van der Waals surface area (Å²) in [6, 6.07) is 0. The van der Waals surface area contributed by atoms with E-state index in [2.05, 4.69) is 13.8 Å². The summed E-state index contributed by atoms with van der Waals surface area (Å²) in [4.78, 5) is 20.4. The summed E-state index contributed by atoms with van der Waals surface area (Å²) in [6.45, 7) is 4.53. The molecule has 0 aromatic heterocycles. The Kier molecular flexibility index (Phi) is 55.4. The molecule has 6 heteroatoms. The molecule has 0 fully saturated rings. The third-order valence-corrected chi connectivity index (χ3v) is 7.97. The average Bonchev–Trinajstić information content (AvgIpc) is 2.93. The number of hydrogen-bond donors (Lipinski definition) is 0. The molecule has 0 aliphatic carbocycles. The van der Waals surface area contributed by atoms with E-state index < -0.39 is 11.9 Å². The zero-order chi connectivity index (χ0) is 29.8. The Morgan fingerprint density at radius 1 is 0.333 bits per heavy atom. The van der Waals surface area contributed by atoms with E-state index in [1.54, 1.807) is 0 Å². The molecule has 0 saturated heterocycles. The van der Waals surface area contributed by atoms with E-state index in [-0.39, 0.29) is 81.2 Å². The van der Waals surface area contributed by atoms with E-state index >= 15 is 0 Å². The molecule has 240 valence electrons. The van der Waals surface area contributed by atoms with E-state index in [0.29, 0.717) is 0 Å². The summed E-state index contributed by atoms with van der Waals surface area (Å²) in [5, 5.41) is 20.4. The quantitative estimate of drug-likeness (QED) is 0.0505. The van der Waals surface area contributed by atoms with Crippen molar-refractivity contribution in [1.82, 2.24) is 0 Å². The largest absolute Gasteiger partial charge is 2.00 e. The van der Waals surface area contributed by atoms with Crippen molar-refractivity contribution in [3.63, 3.8) is 0 Å². The normalized spacial score (nSPS) is 10.3. The number of carboxylic acids is 2. The first kappa shape index (κ1) is 50.0. The van der Waals surface area contributed by atoms with Gasteiger partial charge in [0.1, 0.15) is 0 Å². The van der Waals surface area contributed by atoms with Crippen LogP contribution in [0, 0.1) is 0 Å². The zero-order valence-corrected chi connectivity index (χ0v) is 36.1. The van der Waals surface area contributed by atoms with Crippen LogP contribution >= 0.6 is 0 Å². The Balaban J connectivity index is -0.000000328. The fourth-order valence-corrected chi connectivity index (χ4v) is 5.28. The molecule has 0 saturated carbocycles. The van der Waals surface area contributed by atoms with Gasteiger partial charge in [-0.15, -0.1) is 0 Å². The van der Waals surface area contributed by atoms with Gasteiger partial charge in [0, 0.05) is 11.9 Å². The van der Waals surface area contributed by atoms with Crippen molar-refractivity contribution < 1.29 is 39.3 Å². The van der Waals surface area contributed by atoms with Crippen LogP contribution in [0.3, 0.4) is 0 Å². The van der Waals surface area contributed by atoms with E-state index in [0.717, 1.165) is 25.7 Å². The standard InChI is InChI=1S/2C18H36O2.Ba.Zn/c2*1-2-3-4-5-6-7-8-9-10-11-12-13-14-15-16-17-18(19)20;;/h2*2-17H2,1H3,(H,19,20);;/q;;2*+2/p-2. The maximum atomic E-state index is 10.2. The molecule has 0 heterocycles. The molecule has 0 spiro atoms. The van der Waals surface area contributed by atoms with Crippen molar-refractivity contribution >= 4 is 60.8 Å². The van der Waals surface area contributed by atoms with Gasteiger partial charge in [-0.3, -0.25) is 0 Å². The van der Waals surface area contributed by atoms with Crippen molar-refractivity contribution in [2.45, 2.75) is 219 Å². The smallest absolute Gasteiger partial charge is 0.550 e. The molecular formula is C36H70BaO4Zn+2. The molecule has 0 aromatic carbocycles. The van der Waals surface area contributed by atoms with Crippen LogP contribution in [0.4, 0.5) is 0 Å². The van der Waals surface area contributed by atoms with Gasteiger partial charge in [0.05, 0.1) is 0 Å². The predicted octanol–water partition coefficient (Wildman–Crippen LogP) is 9.61. The molecule has 0 bridgehead atoms. The van der Waals surface area contributed by atoms with Crippen LogP contribution in [0.25, 0.3) is 0 Å². The van der Waals surface area contributed by atoms with E-state index in [4.69, 9.17) is 0 Å². The summed E-state index contributed by atoms with van der Waals surface area (Å²) >= 11 is 0. The van der Waals surface area contributed by atoms with Gasteiger partial charge in [-0.2, -0.15) is 0 Å². The second kappa shape index (κ2) is 46.6. The summed E-state index contributed by atoms with van der Waals surface area (Å²) in [5.41, 5.74) is 0. The Hall–Kier alpha value is 1.13. The Labute approximate surface area is 316 Å². The maximum Gasteiger partial charge on any atom is 2.00 e. The molecule has 0 aliphatic rings. The van der Waals surface area contributed by atoms with Crippen LogP contribution in [0.5, 0.6) is 0 Å². The first-order valence-corrected chi connectivity index (χ1v) is 17.9. The van der Waals surface area contributed by atoms with Crippen LogP contribution < -0.4 is 10.2 Å². The molecule has 0 aromatic rings. The van der Waals surface area contributed by atoms with Crippen molar-refractivity contribution in [2.75, 3.05) is 0 Å². The van der Waals surface area contributed by atoms with Crippen LogP contribution in [-0.4, -0.2) is 60.8 Å². The van der Waals surface area contributed by atoms with Crippen LogP contribution in [0.1, 0.15) is 219 Å². The average molecular weight is 770 g/mol. The minimum absolute atomic E-state index is 0. The van der Waals surface area contributed by atoms with Gasteiger partial charge in [-0.25, -0.2) is 0 Å². The van der Waals surface area contributed by atoms with E-state index in [1.165, 1.54) is 167 Å². The third kappa shape index (κ3) is 53.7. The van der Waals surface area contributed by atoms with Gasteiger partial charge in [0.15, 0.2) is 0 Å². The molecule has 0 amide bonds. The molecule has 4 nitrogen and oxygen atoms in total. The van der Waals surface area contributed by atoms with E-state index in [9.17, 15) is 19.8 Å². The SMILES string of the molecule is CCCCCCCCCCCCCCCCCC(=O)[O-].CCCCCCCCCCCCCCCCCC(=O)[O-].[Ba+2].[Zn+2]. The second-order valence-corrected chi connectivity index (χ2v) is 12.1. The van der Waals surface area contributed by atoms with Gasteiger partial charge in [0.2, 0.25) is 0 Å². The maximum absolute atomic E-state index is 10.2. The fraction of sp³-hybridized carbons (Fsp3) is 0.944. The topological polar surface area (TPSA) is 80.3 Å². The fourth-order valence-electron chi connectivity index (χ4n) is 5.28. The molecule has 42 heavy (non-hydrogen) atoms. The molecule has 0 atom stereocenters. The van der Waals surface area contributed by atoms with Gasteiger partial charge in [0.25, 0.3) is 0 Å². The molecule has 0 unspecified atom stereocenters. The van der Waals surface area contributed by atoms with Gasteiger partial charge < -0.3 is 19.8 Å². The van der Waals surface area contributed by atoms with Crippen LogP contribution in [-0.2, 0) is 29.1 Å². The third-order valence-electron chi connectivity index (χ3n) is 7.97. The Morgan fingerprint density at radius 2 is 0.476 bits per heavy atom. The predicted molar refractivity (Wildman–Crippen MR) is 175 cm³/mol. The number of carboxylic acid groups (broad SMARTS) is 2. The molecule has 0 N–H and O–H groups in total. The van der Waals surface area contributed by atoms with Crippen molar-refractivity contribution in [1.29, 1.82) is 0 Å². The van der Waals surface area contributed by atoms with Crippen LogP contribution in [0.15, 0.2) is 0 Å². The molecule has 0 aliphatic heterocycles. The minimum Gasteiger partial charge on any atom is -0.550 e. The Morgan fingerprint density at radius 3 is 0.619 bits per heavy atom. The number of unbranched alkanes of at least 4 members (excludes halogenated alkanes) is 28. The summed E-state index contributed by atoms with van der Waals surface area (Å²) < 4.78 is 0. The van der Waals surface area contributed by atoms with Gasteiger partial charge in [-0.05, 0) is 25.7 Å². The molecule has 0 radical (unpaired) electrons. The number of hydrogen-bond acceptors (Lipinski definition) is 4. The number of carbonyl (C=O) groups excluding carboxylic acids is 2.